The Bertz CT molecular complexity index is 268. The second-order valence-corrected chi connectivity index (χ2v) is 3.30. The largest absolute Gasteiger partial charge is 0.257 e. The van der Waals surface area contributed by atoms with Crippen molar-refractivity contribution < 1.29 is 5.41 Å². The molecule has 0 aliphatic carbocycles. The van der Waals surface area contributed by atoms with Crippen molar-refractivity contribution >= 4 is 21.6 Å². The highest BCUT2D eigenvalue weighted by Crippen LogP contribution is 2.11. The fourth-order valence-corrected chi connectivity index (χ4v) is 1.29. The lowest BCUT2D eigenvalue weighted by molar-refractivity contribution is -0.114. The average molecular weight is 213 g/mol. The first-order chi connectivity index (χ1) is 5.24. The van der Waals surface area contributed by atoms with Gasteiger partial charge in [-0.15, -0.1) is 0 Å². The van der Waals surface area contributed by atoms with E-state index in [1.165, 1.54) is 0 Å². The summed E-state index contributed by atoms with van der Waals surface area (Å²) in [4.78, 5) is 0. The molecule has 1 rings (SSSR count). The van der Waals surface area contributed by atoms with E-state index in [-0.39, 0.29) is 0 Å². The molecule has 0 atom stereocenters. The quantitative estimate of drug-likeness (QED) is 0.718. The maximum atomic E-state index is 5.76. The summed E-state index contributed by atoms with van der Waals surface area (Å²) in [5, 5.41) is 5.76. The SMILES string of the molecule is CCC(=[NH2+])c1cccc(Br)c1. The molecule has 1 aromatic carbocycles. The maximum Gasteiger partial charge on any atom is 0.179 e. The van der Waals surface area contributed by atoms with Crippen LogP contribution < -0.4 is 5.41 Å². The Labute approximate surface area is 75.1 Å². The van der Waals surface area contributed by atoms with Gasteiger partial charge in [-0.1, -0.05) is 28.9 Å². The standard InChI is InChI=1S/C9H10BrN/c1-2-9(11)7-4-3-5-8(10)6-7/h3-6,11H,2H2,1H3/p+1. The van der Waals surface area contributed by atoms with Gasteiger partial charge in [0.1, 0.15) is 0 Å². The summed E-state index contributed by atoms with van der Waals surface area (Å²) in [7, 11) is 0. The molecule has 0 heterocycles. The van der Waals surface area contributed by atoms with Crippen LogP contribution >= 0.6 is 15.9 Å². The summed E-state index contributed by atoms with van der Waals surface area (Å²) in [6.45, 7) is 2.05. The van der Waals surface area contributed by atoms with Crippen molar-refractivity contribution in [1.82, 2.24) is 0 Å². The van der Waals surface area contributed by atoms with E-state index in [0.717, 1.165) is 22.2 Å². The lowest BCUT2D eigenvalue weighted by Gasteiger charge is -1.95. The minimum absolute atomic E-state index is 0.899. The summed E-state index contributed by atoms with van der Waals surface area (Å²) < 4.78 is 1.08. The lowest BCUT2D eigenvalue weighted by atomic mass is 10.1. The first-order valence-electron chi connectivity index (χ1n) is 3.61. The first-order valence-corrected chi connectivity index (χ1v) is 4.40. The molecule has 0 radical (unpaired) electrons. The van der Waals surface area contributed by atoms with Crippen LogP contribution in [0.5, 0.6) is 0 Å². The minimum atomic E-state index is 0.899. The molecule has 0 amide bonds. The highest BCUT2D eigenvalue weighted by Gasteiger charge is 2.02. The van der Waals surface area contributed by atoms with Gasteiger partial charge in [0.2, 0.25) is 0 Å². The smallest absolute Gasteiger partial charge is 0.179 e. The van der Waals surface area contributed by atoms with Crippen LogP contribution in [-0.4, -0.2) is 5.71 Å². The van der Waals surface area contributed by atoms with Gasteiger partial charge in [-0.05, 0) is 18.2 Å². The highest BCUT2D eigenvalue weighted by atomic mass is 79.9. The second kappa shape index (κ2) is 3.67. The van der Waals surface area contributed by atoms with Crippen LogP contribution in [0.4, 0.5) is 0 Å². The topological polar surface area (TPSA) is 25.6 Å². The van der Waals surface area contributed by atoms with E-state index >= 15 is 0 Å². The normalized spacial score (nSPS) is 9.64. The molecule has 11 heavy (non-hydrogen) atoms. The van der Waals surface area contributed by atoms with Crippen molar-refractivity contribution in [1.29, 1.82) is 0 Å². The average Bonchev–Trinajstić information content (AvgIpc) is 2.03. The molecule has 0 saturated heterocycles. The Morgan fingerprint density at radius 3 is 2.82 bits per heavy atom. The van der Waals surface area contributed by atoms with Crippen LogP contribution in [0.3, 0.4) is 0 Å². The molecule has 58 valence electrons. The molecule has 0 saturated carbocycles. The Morgan fingerprint density at radius 1 is 1.55 bits per heavy atom. The van der Waals surface area contributed by atoms with Gasteiger partial charge in [0.25, 0.3) is 0 Å². The predicted molar refractivity (Wildman–Crippen MR) is 50.5 cm³/mol. The van der Waals surface area contributed by atoms with E-state index in [9.17, 15) is 0 Å². The lowest BCUT2D eigenvalue weighted by Crippen LogP contribution is -2.39. The zero-order valence-corrected chi connectivity index (χ0v) is 8.06. The van der Waals surface area contributed by atoms with Crippen molar-refractivity contribution in [3.8, 4) is 0 Å². The molecule has 1 nitrogen and oxygen atoms in total. The number of hydrogen-bond acceptors (Lipinski definition) is 0. The van der Waals surface area contributed by atoms with Crippen molar-refractivity contribution in [2.45, 2.75) is 13.3 Å². The number of benzene rings is 1. The zero-order valence-electron chi connectivity index (χ0n) is 6.47. The fraction of sp³-hybridized carbons (Fsp3) is 0.222. The van der Waals surface area contributed by atoms with E-state index in [1.54, 1.807) is 0 Å². The van der Waals surface area contributed by atoms with Crippen LogP contribution in [0.1, 0.15) is 18.9 Å². The molecule has 0 aromatic heterocycles. The fourth-order valence-electron chi connectivity index (χ4n) is 0.892. The van der Waals surface area contributed by atoms with Crippen LogP contribution in [0.25, 0.3) is 0 Å². The van der Waals surface area contributed by atoms with Crippen molar-refractivity contribution in [2.24, 2.45) is 0 Å². The molecule has 2 heteroatoms. The summed E-state index contributed by atoms with van der Waals surface area (Å²) >= 11 is 3.39. The predicted octanol–water partition coefficient (Wildman–Crippen LogP) is 1.41. The molecular weight excluding hydrogens is 202 g/mol. The Balaban J connectivity index is 2.96. The Morgan fingerprint density at radius 2 is 2.27 bits per heavy atom. The Kier molecular flexibility index (Phi) is 2.83. The van der Waals surface area contributed by atoms with E-state index in [1.807, 2.05) is 24.3 Å². The van der Waals surface area contributed by atoms with Crippen LogP contribution in [-0.2, 0) is 0 Å². The van der Waals surface area contributed by atoms with E-state index in [4.69, 9.17) is 5.41 Å². The molecule has 0 spiro atoms. The van der Waals surface area contributed by atoms with Gasteiger partial charge in [-0.3, -0.25) is 5.41 Å². The maximum absolute atomic E-state index is 5.76. The monoisotopic (exact) mass is 212 g/mol. The molecule has 0 aliphatic rings. The van der Waals surface area contributed by atoms with Crippen molar-refractivity contribution in [2.75, 3.05) is 0 Å². The summed E-state index contributed by atoms with van der Waals surface area (Å²) in [5.41, 5.74) is 2.05. The van der Waals surface area contributed by atoms with Gasteiger partial charge in [0.05, 0.1) is 0 Å². The van der Waals surface area contributed by atoms with Gasteiger partial charge in [-0.25, -0.2) is 0 Å². The van der Waals surface area contributed by atoms with Gasteiger partial charge in [0.15, 0.2) is 5.71 Å². The molecule has 0 aliphatic heterocycles. The van der Waals surface area contributed by atoms with Crippen molar-refractivity contribution in [3.63, 3.8) is 0 Å². The molecule has 0 fully saturated rings. The van der Waals surface area contributed by atoms with E-state index < -0.39 is 0 Å². The third-order valence-electron chi connectivity index (χ3n) is 1.58. The third kappa shape index (κ3) is 2.15. The number of hydrogen-bond donors (Lipinski definition) is 1. The molecule has 1 aromatic rings. The first kappa shape index (κ1) is 8.47. The summed E-state index contributed by atoms with van der Waals surface area (Å²) in [6, 6.07) is 8.02. The van der Waals surface area contributed by atoms with Crippen LogP contribution in [0.15, 0.2) is 28.7 Å². The van der Waals surface area contributed by atoms with E-state index in [0.29, 0.717) is 0 Å². The minimum Gasteiger partial charge on any atom is -0.257 e. The molecule has 0 bridgehead atoms. The molecule has 0 unspecified atom stereocenters. The number of halogens is 1. The third-order valence-corrected chi connectivity index (χ3v) is 2.07. The van der Waals surface area contributed by atoms with Gasteiger partial charge < -0.3 is 0 Å². The van der Waals surface area contributed by atoms with Crippen LogP contribution in [0, 0.1) is 0 Å². The Hall–Kier alpha value is -0.630. The summed E-state index contributed by atoms with van der Waals surface area (Å²) in [5.74, 6) is 0. The highest BCUT2D eigenvalue weighted by molar-refractivity contribution is 9.10. The van der Waals surface area contributed by atoms with Gasteiger partial charge in [0, 0.05) is 16.5 Å². The zero-order chi connectivity index (χ0) is 8.27. The number of nitrogens with two attached hydrogens (primary N) is 1. The molecular formula is C9H11BrN+. The van der Waals surface area contributed by atoms with Gasteiger partial charge >= 0.3 is 0 Å². The molecule has 2 N–H and O–H groups in total. The van der Waals surface area contributed by atoms with Crippen molar-refractivity contribution in [3.05, 3.63) is 34.3 Å². The van der Waals surface area contributed by atoms with Crippen LogP contribution in [0.2, 0.25) is 0 Å². The second-order valence-electron chi connectivity index (χ2n) is 2.39. The number of rotatable bonds is 2. The summed E-state index contributed by atoms with van der Waals surface area (Å²) in [6.07, 6.45) is 0.899. The van der Waals surface area contributed by atoms with E-state index in [2.05, 4.69) is 22.9 Å². The van der Waals surface area contributed by atoms with Gasteiger partial charge in [-0.2, -0.15) is 0 Å².